The molecule has 6 heteroatoms. The molecule has 0 amide bonds. The van der Waals surface area contributed by atoms with Crippen molar-refractivity contribution < 1.29 is 4.92 Å². The Bertz CT molecular complexity index is 462. The Morgan fingerprint density at radius 1 is 1.71 bits per heavy atom. The van der Waals surface area contributed by atoms with E-state index >= 15 is 0 Å². The van der Waals surface area contributed by atoms with Gasteiger partial charge in [0.05, 0.1) is 9.95 Å². The number of nitro groups is 1. The van der Waals surface area contributed by atoms with Gasteiger partial charge in [0.2, 0.25) is 5.82 Å². The summed E-state index contributed by atoms with van der Waals surface area (Å²) in [6.45, 7) is 5.08. The van der Waals surface area contributed by atoms with Gasteiger partial charge < -0.3 is 5.32 Å². The fourth-order valence-electron chi connectivity index (χ4n) is 1.85. The first-order chi connectivity index (χ1) is 7.90. The summed E-state index contributed by atoms with van der Waals surface area (Å²) in [5.74, 6) is 0.849. The highest BCUT2D eigenvalue weighted by molar-refractivity contribution is 6.30. The van der Waals surface area contributed by atoms with E-state index in [4.69, 9.17) is 11.6 Å². The monoisotopic (exact) mass is 255 g/mol. The van der Waals surface area contributed by atoms with Crippen molar-refractivity contribution >= 4 is 23.1 Å². The molecule has 2 rings (SSSR count). The van der Waals surface area contributed by atoms with Crippen molar-refractivity contribution in [1.29, 1.82) is 0 Å². The molecule has 1 aliphatic carbocycles. The van der Waals surface area contributed by atoms with Crippen molar-refractivity contribution in [2.45, 2.75) is 20.3 Å². The summed E-state index contributed by atoms with van der Waals surface area (Å²) in [4.78, 5) is 14.3. The lowest BCUT2D eigenvalue weighted by atomic mass is 10.1. The number of halogens is 1. The molecular weight excluding hydrogens is 242 g/mol. The predicted molar refractivity (Wildman–Crippen MR) is 66.3 cm³/mol. The van der Waals surface area contributed by atoms with E-state index in [1.165, 1.54) is 12.3 Å². The molecule has 0 radical (unpaired) electrons. The van der Waals surface area contributed by atoms with Crippen molar-refractivity contribution in [1.82, 2.24) is 4.98 Å². The Hall–Kier alpha value is -1.36. The number of nitrogens with zero attached hydrogens (tertiary/aromatic N) is 2. The molecule has 1 aliphatic rings. The highest BCUT2D eigenvalue weighted by atomic mass is 35.5. The average molecular weight is 256 g/mol. The maximum atomic E-state index is 10.8. The molecule has 1 N–H and O–H groups in total. The summed E-state index contributed by atoms with van der Waals surface area (Å²) >= 11 is 5.69. The summed E-state index contributed by atoms with van der Waals surface area (Å²) < 4.78 is 0. The van der Waals surface area contributed by atoms with Gasteiger partial charge in [-0.25, -0.2) is 4.98 Å². The highest BCUT2D eigenvalue weighted by Crippen LogP contribution is 2.51. The standard InChI is InChI=1S/C11H14ClN3O2/c1-11(2)4-7(11)5-13-10-9(15(16)17)3-8(12)6-14-10/h3,6-7H,4-5H2,1-2H3,(H,13,14). The van der Waals surface area contributed by atoms with E-state index < -0.39 is 4.92 Å². The molecule has 17 heavy (non-hydrogen) atoms. The van der Waals surface area contributed by atoms with E-state index in [2.05, 4.69) is 24.1 Å². The Kier molecular flexibility index (Phi) is 2.95. The minimum absolute atomic E-state index is 0.0732. The van der Waals surface area contributed by atoms with E-state index in [9.17, 15) is 10.1 Å². The van der Waals surface area contributed by atoms with Gasteiger partial charge in [-0.3, -0.25) is 10.1 Å². The van der Waals surface area contributed by atoms with Crippen molar-refractivity contribution in [3.05, 3.63) is 27.4 Å². The summed E-state index contributed by atoms with van der Waals surface area (Å²) in [6, 6.07) is 1.31. The second kappa shape index (κ2) is 4.14. The van der Waals surface area contributed by atoms with Gasteiger partial charge in [0.1, 0.15) is 0 Å². The fourth-order valence-corrected chi connectivity index (χ4v) is 2.00. The van der Waals surface area contributed by atoms with Crippen LogP contribution in [0, 0.1) is 21.4 Å². The van der Waals surface area contributed by atoms with Crippen LogP contribution in [0.3, 0.4) is 0 Å². The van der Waals surface area contributed by atoms with Crippen LogP contribution in [0.5, 0.6) is 0 Å². The Labute approximate surface area is 104 Å². The zero-order chi connectivity index (χ0) is 12.6. The molecule has 1 heterocycles. The number of aromatic nitrogens is 1. The minimum atomic E-state index is -0.473. The molecule has 5 nitrogen and oxygen atoms in total. The van der Waals surface area contributed by atoms with Gasteiger partial charge in [-0.1, -0.05) is 25.4 Å². The SMILES string of the molecule is CC1(C)CC1CNc1ncc(Cl)cc1[N+](=O)[O-]. The van der Waals surface area contributed by atoms with Crippen molar-refractivity contribution in [2.75, 3.05) is 11.9 Å². The smallest absolute Gasteiger partial charge is 0.312 e. The second-order valence-corrected chi connectivity index (χ2v) is 5.49. The van der Waals surface area contributed by atoms with E-state index in [0.717, 1.165) is 6.42 Å². The van der Waals surface area contributed by atoms with Crippen molar-refractivity contribution in [2.24, 2.45) is 11.3 Å². The third-order valence-corrected chi connectivity index (χ3v) is 3.47. The molecule has 1 aromatic rings. The van der Waals surface area contributed by atoms with Crippen LogP contribution >= 0.6 is 11.6 Å². The number of nitrogens with one attached hydrogen (secondary N) is 1. The summed E-state index contributed by atoms with van der Waals surface area (Å²) in [7, 11) is 0. The van der Waals surface area contributed by atoms with Gasteiger partial charge in [-0.05, 0) is 17.8 Å². The topological polar surface area (TPSA) is 68.1 Å². The summed E-state index contributed by atoms with van der Waals surface area (Å²) in [6.07, 6.45) is 2.55. The van der Waals surface area contributed by atoms with E-state index in [1.54, 1.807) is 0 Å². The largest absolute Gasteiger partial charge is 0.364 e. The summed E-state index contributed by atoms with van der Waals surface area (Å²) in [5, 5.41) is 14.1. The molecule has 0 saturated heterocycles. The van der Waals surface area contributed by atoms with Crippen LogP contribution in [-0.4, -0.2) is 16.5 Å². The normalized spacial score (nSPS) is 21.0. The number of anilines is 1. The van der Waals surface area contributed by atoms with E-state index in [1.807, 2.05) is 0 Å². The predicted octanol–water partition coefficient (Wildman–Crippen LogP) is 3.10. The molecule has 1 aromatic heterocycles. The van der Waals surface area contributed by atoms with E-state index in [-0.39, 0.29) is 10.7 Å². The van der Waals surface area contributed by atoms with Crippen LogP contribution < -0.4 is 5.32 Å². The third-order valence-electron chi connectivity index (χ3n) is 3.26. The van der Waals surface area contributed by atoms with Gasteiger partial charge in [-0.2, -0.15) is 0 Å². The zero-order valence-electron chi connectivity index (χ0n) is 9.74. The molecule has 1 atom stereocenters. The quantitative estimate of drug-likeness (QED) is 0.663. The second-order valence-electron chi connectivity index (χ2n) is 5.05. The lowest BCUT2D eigenvalue weighted by Gasteiger charge is -2.07. The molecular formula is C11H14ClN3O2. The molecule has 1 unspecified atom stereocenters. The highest BCUT2D eigenvalue weighted by Gasteiger charge is 2.45. The van der Waals surface area contributed by atoms with Crippen molar-refractivity contribution in [3.8, 4) is 0 Å². The van der Waals surface area contributed by atoms with E-state index in [0.29, 0.717) is 23.7 Å². The number of rotatable bonds is 4. The molecule has 1 fully saturated rings. The fraction of sp³-hybridized carbons (Fsp3) is 0.545. The maximum Gasteiger partial charge on any atom is 0.312 e. The van der Waals surface area contributed by atoms with Gasteiger partial charge in [0.25, 0.3) is 0 Å². The Morgan fingerprint density at radius 3 is 2.88 bits per heavy atom. The van der Waals surface area contributed by atoms with Gasteiger partial charge in [-0.15, -0.1) is 0 Å². The molecule has 0 aromatic carbocycles. The van der Waals surface area contributed by atoms with Crippen LogP contribution in [0.1, 0.15) is 20.3 Å². The maximum absolute atomic E-state index is 10.8. The first kappa shape index (κ1) is 12.1. The molecule has 92 valence electrons. The van der Waals surface area contributed by atoms with Crippen LogP contribution in [0.4, 0.5) is 11.5 Å². The van der Waals surface area contributed by atoms with Crippen LogP contribution in [0.2, 0.25) is 5.02 Å². The van der Waals surface area contributed by atoms with Gasteiger partial charge in [0.15, 0.2) is 0 Å². The lowest BCUT2D eigenvalue weighted by molar-refractivity contribution is -0.384. The van der Waals surface area contributed by atoms with Crippen LogP contribution in [0.15, 0.2) is 12.3 Å². The average Bonchev–Trinajstić information content (AvgIpc) is 2.84. The summed E-state index contributed by atoms with van der Waals surface area (Å²) in [5.41, 5.74) is 0.268. The van der Waals surface area contributed by atoms with Crippen LogP contribution in [-0.2, 0) is 0 Å². The third kappa shape index (κ3) is 2.66. The zero-order valence-corrected chi connectivity index (χ0v) is 10.5. The first-order valence-corrected chi connectivity index (χ1v) is 5.82. The molecule has 0 bridgehead atoms. The molecule has 0 aliphatic heterocycles. The number of pyridine rings is 1. The minimum Gasteiger partial charge on any atom is -0.364 e. The number of hydrogen-bond acceptors (Lipinski definition) is 4. The molecule has 0 spiro atoms. The van der Waals surface area contributed by atoms with Gasteiger partial charge in [0, 0.05) is 18.8 Å². The molecule has 1 saturated carbocycles. The first-order valence-electron chi connectivity index (χ1n) is 5.44. The van der Waals surface area contributed by atoms with Gasteiger partial charge >= 0.3 is 5.69 Å². The number of hydrogen-bond donors (Lipinski definition) is 1. The van der Waals surface area contributed by atoms with Crippen LogP contribution in [0.25, 0.3) is 0 Å². The Balaban J connectivity index is 2.08. The Morgan fingerprint density at radius 2 is 2.35 bits per heavy atom. The van der Waals surface area contributed by atoms with Crippen molar-refractivity contribution in [3.63, 3.8) is 0 Å². The lowest BCUT2D eigenvalue weighted by Crippen LogP contribution is -2.10.